The van der Waals surface area contributed by atoms with E-state index in [1.807, 2.05) is 0 Å². The van der Waals surface area contributed by atoms with Gasteiger partial charge in [-0.1, -0.05) is 41.9 Å². The number of carbonyl (C=O) groups excluding carboxylic acids is 1. The molecule has 1 atom stereocenters. The molecule has 0 fully saturated rings. The monoisotopic (exact) mass is 522 g/mol. The second-order valence-corrected chi connectivity index (χ2v) is 10.4. The predicted octanol–water partition coefficient (Wildman–Crippen LogP) is 3.86. The fourth-order valence-corrected chi connectivity index (χ4v) is 4.91. The lowest BCUT2D eigenvalue weighted by atomic mass is 10.1. The van der Waals surface area contributed by atoms with E-state index in [4.69, 9.17) is 11.6 Å². The van der Waals surface area contributed by atoms with Crippen molar-refractivity contribution in [3.63, 3.8) is 0 Å². The topological polar surface area (TPSA) is 166 Å². The molecule has 4 rings (SSSR count). The summed E-state index contributed by atoms with van der Waals surface area (Å²) in [5.41, 5.74) is -0.133. The Balaban J connectivity index is 1.73. The third kappa shape index (κ3) is 4.43. The van der Waals surface area contributed by atoms with Crippen LogP contribution in [0.5, 0.6) is 0 Å². The summed E-state index contributed by atoms with van der Waals surface area (Å²) in [5, 5.41) is 13.5. The standard InChI is InChI=1S/C20H15ClN4O7S2/c1-11-18(20(26)25(24-11)17-10-13(33(27,28)29)7-8-15(17)21)23-22-16-9-6-12-4-2-3-5-14(12)19(16)34(30,31)32/h2-10,18H,1H3,(H,27,28,29)(H,30,31,32). The molecule has 0 aliphatic carbocycles. The number of carbonyl (C=O) groups is 1. The van der Waals surface area contributed by atoms with E-state index in [1.165, 1.54) is 25.1 Å². The predicted molar refractivity (Wildman–Crippen MR) is 124 cm³/mol. The number of anilines is 1. The average molecular weight is 523 g/mol. The van der Waals surface area contributed by atoms with Crippen LogP contribution in [0.15, 0.2) is 79.7 Å². The Bertz CT molecular complexity index is 1620. The van der Waals surface area contributed by atoms with E-state index < -0.39 is 42.0 Å². The maximum absolute atomic E-state index is 13.0. The summed E-state index contributed by atoms with van der Waals surface area (Å²) in [6.07, 6.45) is 0. The first kappa shape index (κ1) is 23.9. The second kappa shape index (κ2) is 8.52. The van der Waals surface area contributed by atoms with Crippen molar-refractivity contribution in [1.82, 2.24) is 0 Å². The number of benzene rings is 3. The molecule has 3 aromatic rings. The fourth-order valence-electron chi connectivity index (χ4n) is 3.38. The van der Waals surface area contributed by atoms with E-state index >= 15 is 0 Å². The van der Waals surface area contributed by atoms with Crippen molar-refractivity contribution in [1.29, 1.82) is 0 Å². The van der Waals surface area contributed by atoms with Crippen LogP contribution in [-0.4, -0.2) is 43.6 Å². The number of halogens is 1. The Hall–Kier alpha value is -3.23. The third-order valence-corrected chi connectivity index (χ3v) is 7.05. The van der Waals surface area contributed by atoms with Crippen LogP contribution < -0.4 is 5.01 Å². The van der Waals surface area contributed by atoms with Gasteiger partial charge in [0.25, 0.3) is 26.1 Å². The minimum absolute atomic E-state index is 0.0157. The molecule has 1 unspecified atom stereocenters. The van der Waals surface area contributed by atoms with Gasteiger partial charge in [-0.2, -0.15) is 37.2 Å². The molecule has 1 aliphatic heterocycles. The van der Waals surface area contributed by atoms with E-state index in [0.29, 0.717) is 5.39 Å². The quantitative estimate of drug-likeness (QED) is 0.379. The van der Waals surface area contributed by atoms with Gasteiger partial charge in [0, 0.05) is 5.39 Å². The smallest absolute Gasteiger partial charge is 0.282 e. The molecule has 1 aliphatic rings. The molecule has 0 aromatic heterocycles. The van der Waals surface area contributed by atoms with Gasteiger partial charge >= 0.3 is 0 Å². The normalized spacial score (nSPS) is 17.1. The maximum Gasteiger partial charge on any atom is 0.297 e. The van der Waals surface area contributed by atoms with Crippen LogP contribution in [0.2, 0.25) is 5.02 Å². The number of hydrazone groups is 1. The molecule has 1 amide bonds. The Morgan fingerprint density at radius 2 is 1.71 bits per heavy atom. The molecule has 34 heavy (non-hydrogen) atoms. The fraction of sp³-hybridized carbons (Fsp3) is 0.100. The highest BCUT2D eigenvalue weighted by Crippen LogP contribution is 2.35. The Labute approximate surface area is 198 Å². The van der Waals surface area contributed by atoms with Crippen molar-refractivity contribution >= 4 is 65.6 Å². The number of hydrogen-bond acceptors (Lipinski definition) is 8. The van der Waals surface area contributed by atoms with Gasteiger partial charge in [0.05, 0.1) is 21.3 Å². The second-order valence-electron chi connectivity index (χ2n) is 7.21. The molecule has 0 saturated heterocycles. The van der Waals surface area contributed by atoms with Crippen molar-refractivity contribution < 1.29 is 30.7 Å². The molecule has 11 nitrogen and oxygen atoms in total. The lowest BCUT2D eigenvalue weighted by Gasteiger charge is -2.15. The van der Waals surface area contributed by atoms with E-state index in [1.54, 1.807) is 24.3 Å². The summed E-state index contributed by atoms with van der Waals surface area (Å²) < 4.78 is 66.1. The van der Waals surface area contributed by atoms with Crippen LogP contribution in [0.3, 0.4) is 0 Å². The van der Waals surface area contributed by atoms with E-state index in [2.05, 4.69) is 15.3 Å². The molecule has 14 heteroatoms. The number of rotatable bonds is 5. The number of nitrogens with zero attached hydrogens (tertiary/aromatic N) is 4. The summed E-state index contributed by atoms with van der Waals surface area (Å²) in [7, 11) is -9.26. The van der Waals surface area contributed by atoms with Crippen molar-refractivity contribution in [2.45, 2.75) is 22.8 Å². The molecule has 0 spiro atoms. The Morgan fingerprint density at radius 3 is 2.38 bits per heavy atom. The molecule has 0 bridgehead atoms. The molecule has 1 heterocycles. The van der Waals surface area contributed by atoms with Gasteiger partial charge in [-0.25, -0.2) is 0 Å². The molecule has 3 aromatic carbocycles. The number of amides is 1. The summed E-state index contributed by atoms with van der Waals surface area (Å²) in [6, 6.07) is 11.3. The highest BCUT2D eigenvalue weighted by molar-refractivity contribution is 7.86. The average Bonchev–Trinajstić information content (AvgIpc) is 3.03. The van der Waals surface area contributed by atoms with Crippen LogP contribution in [0.1, 0.15) is 6.92 Å². The van der Waals surface area contributed by atoms with Gasteiger partial charge in [0.15, 0.2) is 6.04 Å². The van der Waals surface area contributed by atoms with Gasteiger partial charge < -0.3 is 0 Å². The molecule has 0 radical (unpaired) electrons. The molecule has 0 saturated carbocycles. The van der Waals surface area contributed by atoms with E-state index in [0.717, 1.165) is 17.1 Å². The van der Waals surface area contributed by atoms with Crippen molar-refractivity contribution in [2.75, 3.05) is 5.01 Å². The van der Waals surface area contributed by atoms with Crippen LogP contribution in [0.4, 0.5) is 11.4 Å². The number of hydrogen-bond donors (Lipinski definition) is 2. The van der Waals surface area contributed by atoms with Crippen LogP contribution in [-0.2, 0) is 25.0 Å². The minimum atomic E-state index is -4.69. The number of azo groups is 1. The molecule has 2 N–H and O–H groups in total. The van der Waals surface area contributed by atoms with Crippen molar-refractivity contribution in [3.8, 4) is 0 Å². The first-order valence-electron chi connectivity index (χ1n) is 9.44. The summed E-state index contributed by atoms with van der Waals surface area (Å²) in [4.78, 5) is 12.0. The zero-order valence-electron chi connectivity index (χ0n) is 17.2. The molecular formula is C20H15ClN4O7S2. The highest BCUT2D eigenvalue weighted by Gasteiger charge is 2.36. The maximum atomic E-state index is 13.0. The van der Waals surface area contributed by atoms with E-state index in [-0.39, 0.29) is 27.5 Å². The Morgan fingerprint density at radius 1 is 1.00 bits per heavy atom. The lowest BCUT2D eigenvalue weighted by molar-refractivity contribution is -0.117. The largest absolute Gasteiger partial charge is 0.297 e. The zero-order valence-corrected chi connectivity index (χ0v) is 19.6. The van der Waals surface area contributed by atoms with Crippen molar-refractivity contribution in [2.24, 2.45) is 15.3 Å². The van der Waals surface area contributed by atoms with Crippen LogP contribution in [0, 0.1) is 0 Å². The van der Waals surface area contributed by atoms with Gasteiger partial charge in [-0.15, -0.1) is 0 Å². The molecule has 176 valence electrons. The van der Waals surface area contributed by atoms with Crippen molar-refractivity contribution in [3.05, 3.63) is 59.6 Å². The van der Waals surface area contributed by atoms with E-state index in [9.17, 15) is 30.7 Å². The molecular weight excluding hydrogens is 508 g/mol. The Kier molecular flexibility index (Phi) is 5.99. The van der Waals surface area contributed by atoms with Gasteiger partial charge in [-0.05, 0) is 36.6 Å². The minimum Gasteiger partial charge on any atom is -0.282 e. The third-order valence-electron chi connectivity index (χ3n) is 4.94. The van der Waals surface area contributed by atoms with Gasteiger partial charge in [-0.3, -0.25) is 13.9 Å². The summed E-state index contributed by atoms with van der Waals surface area (Å²) in [5.74, 6) is -0.746. The number of fused-ring (bicyclic) bond motifs is 1. The SMILES string of the molecule is CC1=NN(c2cc(S(=O)(=O)O)ccc2Cl)C(=O)C1N=Nc1ccc2ccccc2c1S(=O)(=O)O. The lowest BCUT2D eigenvalue weighted by Crippen LogP contribution is -2.30. The highest BCUT2D eigenvalue weighted by atomic mass is 35.5. The van der Waals surface area contributed by atoms with Gasteiger partial charge in [0.2, 0.25) is 0 Å². The van der Waals surface area contributed by atoms with Gasteiger partial charge in [0.1, 0.15) is 10.6 Å². The zero-order chi connectivity index (χ0) is 24.8. The van der Waals surface area contributed by atoms with Crippen LogP contribution >= 0.6 is 11.6 Å². The summed E-state index contributed by atoms with van der Waals surface area (Å²) in [6.45, 7) is 1.46. The first-order valence-corrected chi connectivity index (χ1v) is 12.7. The first-order chi connectivity index (χ1) is 15.9. The summed E-state index contributed by atoms with van der Waals surface area (Å²) >= 11 is 6.10. The van der Waals surface area contributed by atoms with Crippen LogP contribution in [0.25, 0.3) is 10.8 Å².